The van der Waals surface area contributed by atoms with E-state index in [0.717, 1.165) is 25.7 Å². The molecule has 1 fully saturated rings. The Labute approximate surface area is 129 Å². The average Bonchev–Trinajstić information content (AvgIpc) is 2.51. The Morgan fingerprint density at radius 2 is 1.18 bits per heavy atom. The van der Waals surface area contributed by atoms with Crippen molar-refractivity contribution in [3.8, 4) is 0 Å². The minimum absolute atomic E-state index is 0.154. The highest BCUT2D eigenvalue weighted by Gasteiger charge is 2.32. The second kappa shape index (κ2) is 10.6. The summed E-state index contributed by atoms with van der Waals surface area (Å²) < 4.78 is 0. The molecule has 0 aliphatic carbocycles. The second-order valence-electron chi connectivity index (χ2n) is 5.26. The predicted octanol–water partition coefficient (Wildman–Crippen LogP) is -1.20. The third-order valence-electron chi connectivity index (χ3n) is 3.56. The maximum atomic E-state index is 11.9. The third-order valence-corrected chi connectivity index (χ3v) is 3.56. The molecular weight excluding hydrogens is 288 g/mol. The molecule has 1 aliphatic rings. The van der Waals surface area contributed by atoms with Crippen LogP contribution in [0.15, 0.2) is 0 Å². The Hall–Kier alpha value is -2.12. The predicted molar refractivity (Wildman–Crippen MR) is 79.7 cm³/mol. The molecule has 8 nitrogen and oxygen atoms in total. The number of hydrogen-bond donors (Lipinski definition) is 4. The molecule has 0 spiro atoms. The van der Waals surface area contributed by atoms with Crippen molar-refractivity contribution < 1.29 is 19.2 Å². The minimum atomic E-state index is -0.489. The van der Waals surface area contributed by atoms with Crippen LogP contribution in [-0.2, 0) is 19.2 Å². The summed E-state index contributed by atoms with van der Waals surface area (Å²) in [6.07, 6.45) is 5.45. The van der Waals surface area contributed by atoms with Crippen LogP contribution in [0.3, 0.4) is 0 Å². The highest BCUT2D eigenvalue weighted by atomic mass is 16.2. The van der Waals surface area contributed by atoms with Gasteiger partial charge in [0.05, 0.1) is 0 Å². The van der Waals surface area contributed by atoms with E-state index in [1.807, 2.05) is 0 Å². The number of carbonyl (C=O) groups excluding carboxylic acids is 4. The van der Waals surface area contributed by atoms with Gasteiger partial charge < -0.3 is 21.3 Å². The van der Waals surface area contributed by atoms with Gasteiger partial charge in [0.1, 0.15) is 12.1 Å². The summed E-state index contributed by atoms with van der Waals surface area (Å²) in [6.45, 7) is 1.15. The lowest BCUT2D eigenvalue weighted by molar-refractivity contribution is -0.137. The lowest BCUT2D eigenvalue weighted by Gasteiger charge is -2.29. The maximum absolute atomic E-state index is 11.9. The van der Waals surface area contributed by atoms with Gasteiger partial charge >= 0.3 is 0 Å². The first-order valence-corrected chi connectivity index (χ1v) is 7.64. The summed E-state index contributed by atoms with van der Waals surface area (Å²) in [4.78, 5) is 44.1. The van der Waals surface area contributed by atoms with Crippen molar-refractivity contribution >= 4 is 24.6 Å². The summed E-state index contributed by atoms with van der Waals surface area (Å²) in [5, 5.41) is 10.6. The van der Waals surface area contributed by atoms with Gasteiger partial charge in [0.2, 0.25) is 24.6 Å². The van der Waals surface area contributed by atoms with Gasteiger partial charge in [-0.05, 0) is 38.5 Å². The van der Waals surface area contributed by atoms with Gasteiger partial charge in [-0.15, -0.1) is 0 Å². The summed E-state index contributed by atoms with van der Waals surface area (Å²) in [5.74, 6) is -0.307. The highest BCUT2D eigenvalue weighted by Crippen LogP contribution is 2.09. The second-order valence-corrected chi connectivity index (χ2v) is 5.26. The van der Waals surface area contributed by atoms with E-state index in [1.165, 1.54) is 0 Å². The molecule has 0 bridgehead atoms. The first-order valence-electron chi connectivity index (χ1n) is 7.64. The van der Waals surface area contributed by atoms with E-state index in [1.54, 1.807) is 0 Å². The molecule has 0 aromatic carbocycles. The maximum Gasteiger partial charge on any atom is 0.243 e. The van der Waals surface area contributed by atoms with Crippen LogP contribution in [-0.4, -0.2) is 49.8 Å². The van der Waals surface area contributed by atoms with Gasteiger partial charge in [0, 0.05) is 13.1 Å². The van der Waals surface area contributed by atoms with Crippen molar-refractivity contribution in [3.05, 3.63) is 0 Å². The molecule has 22 heavy (non-hydrogen) atoms. The number of amides is 4. The van der Waals surface area contributed by atoms with E-state index in [0.29, 0.717) is 38.8 Å². The fraction of sp³-hybridized carbons (Fsp3) is 0.714. The Balaban J connectivity index is 2.22. The Morgan fingerprint density at radius 3 is 1.55 bits per heavy atom. The molecule has 8 heteroatoms. The topological polar surface area (TPSA) is 116 Å². The van der Waals surface area contributed by atoms with Crippen molar-refractivity contribution in [1.82, 2.24) is 21.3 Å². The largest absolute Gasteiger partial charge is 0.359 e. The molecule has 4 N–H and O–H groups in total. The van der Waals surface area contributed by atoms with Gasteiger partial charge in [-0.2, -0.15) is 0 Å². The van der Waals surface area contributed by atoms with Crippen LogP contribution < -0.4 is 21.3 Å². The average molecular weight is 312 g/mol. The van der Waals surface area contributed by atoms with Crippen LogP contribution in [0, 0.1) is 0 Å². The first-order chi connectivity index (χ1) is 10.7. The molecule has 0 aromatic rings. The quantitative estimate of drug-likeness (QED) is 0.267. The SMILES string of the molecule is O=CNCCCCC1NC(=O)C(CCCCNC=O)NC1=O. The first kappa shape index (κ1) is 17.9. The summed E-state index contributed by atoms with van der Waals surface area (Å²) >= 11 is 0. The lowest BCUT2D eigenvalue weighted by atomic mass is 10.0. The molecule has 0 radical (unpaired) electrons. The van der Waals surface area contributed by atoms with Crippen LogP contribution in [0.25, 0.3) is 0 Å². The molecule has 124 valence electrons. The van der Waals surface area contributed by atoms with Crippen LogP contribution in [0.4, 0.5) is 0 Å². The zero-order valence-corrected chi connectivity index (χ0v) is 12.6. The van der Waals surface area contributed by atoms with Crippen LogP contribution >= 0.6 is 0 Å². The molecule has 1 rings (SSSR count). The molecular formula is C14H24N4O4. The summed E-state index contributed by atoms with van der Waals surface area (Å²) in [5.41, 5.74) is 0. The zero-order valence-electron chi connectivity index (χ0n) is 12.6. The molecule has 2 unspecified atom stereocenters. The van der Waals surface area contributed by atoms with Gasteiger partial charge in [-0.3, -0.25) is 19.2 Å². The van der Waals surface area contributed by atoms with Gasteiger partial charge in [-0.25, -0.2) is 0 Å². The van der Waals surface area contributed by atoms with Crippen molar-refractivity contribution in [2.75, 3.05) is 13.1 Å². The molecule has 0 saturated carbocycles. The standard InChI is InChI=1S/C14H24N4O4/c19-9-15-7-3-1-5-11-13(21)18-12(14(22)17-11)6-2-4-8-16-10-20/h9-12H,1-8H2,(H,15,19)(H,16,20)(H,17,22)(H,18,21). The number of nitrogens with one attached hydrogen (secondary N) is 4. The fourth-order valence-electron chi connectivity index (χ4n) is 2.35. The van der Waals surface area contributed by atoms with Crippen molar-refractivity contribution in [3.63, 3.8) is 0 Å². The van der Waals surface area contributed by atoms with Crippen LogP contribution in [0.5, 0.6) is 0 Å². The molecule has 1 saturated heterocycles. The van der Waals surface area contributed by atoms with E-state index in [9.17, 15) is 19.2 Å². The zero-order chi connectivity index (χ0) is 16.2. The van der Waals surface area contributed by atoms with E-state index >= 15 is 0 Å². The van der Waals surface area contributed by atoms with Gasteiger partial charge in [0.15, 0.2) is 0 Å². The van der Waals surface area contributed by atoms with E-state index in [-0.39, 0.29) is 11.8 Å². The number of unbranched alkanes of at least 4 members (excludes halogenated alkanes) is 2. The minimum Gasteiger partial charge on any atom is -0.359 e. The Kier molecular flexibility index (Phi) is 8.63. The lowest BCUT2D eigenvalue weighted by Crippen LogP contribution is -2.61. The highest BCUT2D eigenvalue weighted by molar-refractivity contribution is 5.96. The van der Waals surface area contributed by atoms with Crippen molar-refractivity contribution in [2.24, 2.45) is 0 Å². The van der Waals surface area contributed by atoms with E-state index in [2.05, 4.69) is 21.3 Å². The molecule has 1 heterocycles. The van der Waals surface area contributed by atoms with E-state index < -0.39 is 12.1 Å². The van der Waals surface area contributed by atoms with Crippen molar-refractivity contribution in [1.29, 1.82) is 0 Å². The van der Waals surface area contributed by atoms with Crippen LogP contribution in [0.2, 0.25) is 0 Å². The van der Waals surface area contributed by atoms with Gasteiger partial charge in [0.25, 0.3) is 0 Å². The molecule has 0 aromatic heterocycles. The number of rotatable bonds is 12. The van der Waals surface area contributed by atoms with Gasteiger partial charge in [-0.1, -0.05) is 0 Å². The molecule has 1 aliphatic heterocycles. The third kappa shape index (κ3) is 6.55. The van der Waals surface area contributed by atoms with E-state index in [4.69, 9.17) is 0 Å². The fourth-order valence-corrected chi connectivity index (χ4v) is 2.35. The Bertz CT molecular complexity index is 353. The number of hydrogen-bond acceptors (Lipinski definition) is 4. The summed E-state index contributed by atoms with van der Waals surface area (Å²) in [7, 11) is 0. The van der Waals surface area contributed by atoms with Crippen molar-refractivity contribution in [2.45, 2.75) is 50.6 Å². The smallest absolute Gasteiger partial charge is 0.243 e. The van der Waals surface area contributed by atoms with Crippen LogP contribution in [0.1, 0.15) is 38.5 Å². The summed E-state index contributed by atoms with van der Waals surface area (Å²) in [6, 6.07) is -0.978. The monoisotopic (exact) mass is 312 g/mol. The number of piperazine rings is 1. The molecule has 2 atom stereocenters. The number of carbonyl (C=O) groups is 4. The normalized spacial score (nSPS) is 20.7. The Morgan fingerprint density at radius 1 is 0.773 bits per heavy atom. The molecule has 4 amide bonds.